The Morgan fingerprint density at radius 1 is 1.50 bits per heavy atom. The van der Waals surface area contributed by atoms with Crippen LogP contribution in [0.25, 0.3) is 0 Å². The summed E-state index contributed by atoms with van der Waals surface area (Å²) < 4.78 is 0. The van der Waals surface area contributed by atoms with Gasteiger partial charge in [0.15, 0.2) is 0 Å². The van der Waals surface area contributed by atoms with Gasteiger partial charge in [-0.05, 0) is 13.8 Å². The SMILES string of the molecule is CC(C)(CNC/C=C/C(=O)O)C(N)=O. The molecule has 0 fully saturated rings. The Morgan fingerprint density at radius 2 is 2.07 bits per heavy atom. The van der Waals surface area contributed by atoms with Gasteiger partial charge in [0.05, 0.1) is 5.41 Å². The van der Waals surface area contributed by atoms with E-state index in [0.29, 0.717) is 13.1 Å². The zero-order valence-corrected chi connectivity index (χ0v) is 8.41. The minimum atomic E-state index is -0.985. The number of rotatable bonds is 6. The fourth-order valence-corrected chi connectivity index (χ4v) is 0.715. The number of aliphatic carboxylic acids is 1. The number of hydrogen-bond donors (Lipinski definition) is 3. The molecule has 5 nitrogen and oxygen atoms in total. The largest absolute Gasteiger partial charge is 0.478 e. The second kappa shape index (κ2) is 5.39. The fraction of sp³-hybridized carbons (Fsp3) is 0.556. The second-order valence-corrected chi connectivity index (χ2v) is 3.62. The van der Waals surface area contributed by atoms with Crippen molar-refractivity contribution in [2.45, 2.75) is 13.8 Å². The Bertz CT molecular complexity index is 246. The molecule has 4 N–H and O–H groups in total. The molecule has 0 saturated carbocycles. The molecule has 0 rings (SSSR count). The van der Waals surface area contributed by atoms with Gasteiger partial charge >= 0.3 is 5.97 Å². The number of carbonyl (C=O) groups excluding carboxylic acids is 1. The van der Waals surface area contributed by atoms with Crippen molar-refractivity contribution < 1.29 is 14.7 Å². The monoisotopic (exact) mass is 200 g/mol. The predicted octanol–water partition coefficient (Wildman–Crippen LogP) is -0.272. The smallest absolute Gasteiger partial charge is 0.328 e. The average Bonchev–Trinajstić information content (AvgIpc) is 2.02. The molecule has 0 radical (unpaired) electrons. The summed E-state index contributed by atoms with van der Waals surface area (Å²) in [5.41, 5.74) is 4.53. The van der Waals surface area contributed by atoms with Crippen LogP contribution >= 0.6 is 0 Å². The highest BCUT2D eigenvalue weighted by atomic mass is 16.4. The van der Waals surface area contributed by atoms with Gasteiger partial charge in [0.2, 0.25) is 5.91 Å². The van der Waals surface area contributed by atoms with E-state index in [0.717, 1.165) is 6.08 Å². The van der Waals surface area contributed by atoms with Crippen molar-refractivity contribution in [2.75, 3.05) is 13.1 Å². The summed E-state index contributed by atoms with van der Waals surface area (Å²) in [7, 11) is 0. The van der Waals surface area contributed by atoms with Crippen LogP contribution in [-0.2, 0) is 9.59 Å². The van der Waals surface area contributed by atoms with Crippen LogP contribution in [0.3, 0.4) is 0 Å². The maximum atomic E-state index is 10.9. The molecular weight excluding hydrogens is 184 g/mol. The first-order chi connectivity index (χ1) is 6.36. The van der Waals surface area contributed by atoms with Crippen LogP contribution in [0.1, 0.15) is 13.8 Å². The Hall–Kier alpha value is -1.36. The van der Waals surface area contributed by atoms with E-state index >= 15 is 0 Å². The van der Waals surface area contributed by atoms with Crippen LogP contribution in [0.4, 0.5) is 0 Å². The minimum Gasteiger partial charge on any atom is -0.478 e. The zero-order chi connectivity index (χ0) is 11.2. The van der Waals surface area contributed by atoms with Gasteiger partial charge in [-0.15, -0.1) is 0 Å². The molecule has 14 heavy (non-hydrogen) atoms. The number of amides is 1. The maximum absolute atomic E-state index is 10.9. The molecule has 0 aliphatic rings. The number of nitrogens with one attached hydrogen (secondary N) is 1. The van der Waals surface area contributed by atoms with E-state index in [1.807, 2.05) is 0 Å². The van der Waals surface area contributed by atoms with Gasteiger partial charge in [0.25, 0.3) is 0 Å². The number of carboxylic acid groups (broad SMARTS) is 1. The number of carboxylic acids is 1. The molecule has 0 spiro atoms. The first-order valence-electron chi connectivity index (χ1n) is 4.26. The van der Waals surface area contributed by atoms with Crippen molar-refractivity contribution in [2.24, 2.45) is 11.1 Å². The first kappa shape index (κ1) is 12.6. The summed E-state index contributed by atoms with van der Waals surface area (Å²) in [5.74, 6) is -1.37. The molecule has 0 aliphatic carbocycles. The highest BCUT2D eigenvalue weighted by Crippen LogP contribution is 2.11. The van der Waals surface area contributed by atoms with Gasteiger partial charge in [-0.2, -0.15) is 0 Å². The normalized spacial score (nSPS) is 11.9. The van der Waals surface area contributed by atoms with Crippen LogP contribution in [-0.4, -0.2) is 30.1 Å². The second-order valence-electron chi connectivity index (χ2n) is 3.62. The van der Waals surface area contributed by atoms with E-state index < -0.39 is 11.4 Å². The average molecular weight is 200 g/mol. The predicted molar refractivity (Wildman–Crippen MR) is 52.6 cm³/mol. The van der Waals surface area contributed by atoms with E-state index in [9.17, 15) is 9.59 Å². The van der Waals surface area contributed by atoms with E-state index in [-0.39, 0.29) is 5.91 Å². The van der Waals surface area contributed by atoms with E-state index in [1.165, 1.54) is 6.08 Å². The minimum absolute atomic E-state index is 0.382. The summed E-state index contributed by atoms with van der Waals surface area (Å²) in [6, 6.07) is 0. The summed E-state index contributed by atoms with van der Waals surface area (Å²) in [6.07, 6.45) is 2.52. The van der Waals surface area contributed by atoms with Crippen molar-refractivity contribution in [1.82, 2.24) is 5.32 Å². The van der Waals surface area contributed by atoms with E-state index in [4.69, 9.17) is 10.8 Å². The molecule has 5 heteroatoms. The lowest BCUT2D eigenvalue weighted by Crippen LogP contribution is -2.40. The quantitative estimate of drug-likeness (QED) is 0.406. The molecule has 0 aromatic rings. The molecule has 0 saturated heterocycles. The van der Waals surface area contributed by atoms with E-state index in [2.05, 4.69) is 5.32 Å². The molecular formula is C9H16N2O3. The Labute approximate surface area is 83.0 Å². The van der Waals surface area contributed by atoms with Crippen LogP contribution in [0.2, 0.25) is 0 Å². The van der Waals surface area contributed by atoms with Gasteiger partial charge in [0.1, 0.15) is 0 Å². The zero-order valence-electron chi connectivity index (χ0n) is 8.41. The number of hydrogen-bond acceptors (Lipinski definition) is 3. The summed E-state index contributed by atoms with van der Waals surface area (Å²) in [5, 5.41) is 11.2. The van der Waals surface area contributed by atoms with Crippen LogP contribution in [0, 0.1) is 5.41 Å². The molecule has 1 amide bonds. The van der Waals surface area contributed by atoms with Crippen molar-refractivity contribution in [3.8, 4) is 0 Å². The van der Waals surface area contributed by atoms with Crippen molar-refractivity contribution in [3.63, 3.8) is 0 Å². The molecule has 0 bridgehead atoms. The topological polar surface area (TPSA) is 92.4 Å². The lowest BCUT2D eigenvalue weighted by Gasteiger charge is -2.20. The molecule has 0 aliphatic heterocycles. The molecule has 0 unspecified atom stereocenters. The van der Waals surface area contributed by atoms with Gasteiger partial charge in [-0.1, -0.05) is 6.08 Å². The Morgan fingerprint density at radius 3 is 2.50 bits per heavy atom. The molecule has 0 aromatic heterocycles. The van der Waals surface area contributed by atoms with Crippen LogP contribution in [0.5, 0.6) is 0 Å². The molecule has 0 aromatic carbocycles. The van der Waals surface area contributed by atoms with Crippen LogP contribution in [0.15, 0.2) is 12.2 Å². The molecule has 0 atom stereocenters. The van der Waals surface area contributed by atoms with Gasteiger partial charge in [0, 0.05) is 19.2 Å². The van der Waals surface area contributed by atoms with Crippen molar-refractivity contribution >= 4 is 11.9 Å². The third-order valence-corrected chi connectivity index (χ3v) is 1.76. The maximum Gasteiger partial charge on any atom is 0.328 e. The Balaban J connectivity index is 3.75. The van der Waals surface area contributed by atoms with Gasteiger partial charge in [-0.25, -0.2) is 4.79 Å². The first-order valence-corrected chi connectivity index (χ1v) is 4.26. The van der Waals surface area contributed by atoms with Gasteiger partial charge < -0.3 is 16.2 Å². The summed E-state index contributed by atoms with van der Waals surface area (Å²) in [4.78, 5) is 20.9. The lowest BCUT2D eigenvalue weighted by molar-refractivity contribution is -0.131. The lowest BCUT2D eigenvalue weighted by atomic mass is 9.93. The number of primary amides is 1. The number of carbonyl (C=O) groups is 2. The van der Waals surface area contributed by atoms with Crippen LogP contribution < -0.4 is 11.1 Å². The number of nitrogens with two attached hydrogens (primary N) is 1. The highest BCUT2D eigenvalue weighted by molar-refractivity contribution is 5.80. The summed E-state index contributed by atoms with van der Waals surface area (Å²) in [6.45, 7) is 4.28. The third-order valence-electron chi connectivity index (χ3n) is 1.76. The highest BCUT2D eigenvalue weighted by Gasteiger charge is 2.23. The standard InChI is InChI=1S/C9H16N2O3/c1-9(2,8(10)14)6-11-5-3-4-7(12)13/h3-4,11H,5-6H2,1-2H3,(H2,10,14)(H,12,13)/b4-3+. The molecule has 0 heterocycles. The van der Waals surface area contributed by atoms with Crippen molar-refractivity contribution in [3.05, 3.63) is 12.2 Å². The Kier molecular flexibility index (Phi) is 4.86. The summed E-state index contributed by atoms with van der Waals surface area (Å²) >= 11 is 0. The third kappa shape index (κ3) is 5.31. The van der Waals surface area contributed by atoms with Crippen molar-refractivity contribution in [1.29, 1.82) is 0 Å². The molecule has 80 valence electrons. The van der Waals surface area contributed by atoms with Gasteiger partial charge in [-0.3, -0.25) is 4.79 Å². The fourth-order valence-electron chi connectivity index (χ4n) is 0.715. The van der Waals surface area contributed by atoms with E-state index in [1.54, 1.807) is 13.8 Å².